The lowest BCUT2D eigenvalue weighted by Crippen LogP contribution is -2.03. The molecule has 0 fully saturated rings. The van der Waals surface area contributed by atoms with E-state index in [0.29, 0.717) is 17.1 Å². The largest absolute Gasteiger partial charge is 0.496 e. The fraction of sp³-hybridized carbons (Fsp3) is 0.333. The molecule has 0 bridgehead atoms. The summed E-state index contributed by atoms with van der Waals surface area (Å²) in [6.07, 6.45) is 0. The highest BCUT2D eigenvalue weighted by atomic mass is 19.1. The Bertz CT molecular complexity index is 277. The molecule has 0 saturated heterocycles. The van der Waals surface area contributed by atoms with Crippen LogP contribution in [0.25, 0.3) is 0 Å². The van der Waals surface area contributed by atoms with Crippen LogP contribution in [0.4, 0.5) is 4.39 Å². The SMILES string of the molecule is COc1cc(F)cc(OC)c1CN. The average Bonchev–Trinajstić information content (AvgIpc) is 2.16. The number of rotatable bonds is 3. The minimum atomic E-state index is -0.397. The van der Waals surface area contributed by atoms with Gasteiger partial charge in [-0.1, -0.05) is 0 Å². The topological polar surface area (TPSA) is 44.5 Å². The van der Waals surface area contributed by atoms with Crippen molar-refractivity contribution in [2.75, 3.05) is 14.2 Å². The van der Waals surface area contributed by atoms with Crippen molar-refractivity contribution in [3.63, 3.8) is 0 Å². The smallest absolute Gasteiger partial charge is 0.130 e. The molecule has 0 unspecified atom stereocenters. The Balaban J connectivity index is 3.25. The van der Waals surface area contributed by atoms with Gasteiger partial charge >= 0.3 is 0 Å². The summed E-state index contributed by atoms with van der Waals surface area (Å²) in [7, 11) is 2.93. The molecule has 13 heavy (non-hydrogen) atoms. The minimum absolute atomic E-state index is 0.257. The highest BCUT2D eigenvalue weighted by Crippen LogP contribution is 2.29. The van der Waals surface area contributed by atoms with Crippen molar-refractivity contribution in [1.29, 1.82) is 0 Å². The molecule has 1 aromatic rings. The maximum absolute atomic E-state index is 12.9. The fourth-order valence-electron chi connectivity index (χ4n) is 1.15. The lowest BCUT2D eigenvalue weighted by atomic mass is 10.1. The molecule has 0 aliphatic carbocycles. The quantitative estimate of drug-likeness (QED) is 0.772. The van der Waals surface area contributed by atoms with E-state index in [1.165, 1.54) is 26.4 Å². The fourth-order valence-corrected chi connectivity index (χ4v) is 1.15. The van der Waals surface area contributed by atoms with Gasteiger partial charge in [0.15, 0.2) is 0 Å². The van der Waals surface area contributed by atoms with Crippen molar-refractivity contribution in [2.24, 2.45) is 5.73 Å². The summed E-state index contributed by atoms with van der Waals surface area (Å²) in [6.45, 7) is 0.257. The van der Waals surface area contributed by atoms with Crippen LogP contribution in [0.15, 0.2) is 12.1 Å². The monoisotopic (exact) mass is 185 g/mol. The second-order valence-electron chi connectivity index (χ2n) is 2.49. The summed E-state index contributed by atoms with van der Waals surface area (Å²) in [5.74, 6) is 0.435. The standard InChI is InChI=1S/C9H12FNO2/c1-12-8-3-6(10)4-9(13-2)7(8)5-11/h3-4H,5,11H2,1-2H3. The van der Waals surface area contributed by atoms with Crippen LogP contribution in [-0.2, 0) is 6.54 Å². The molecule has 0 aliphatic rings. The van der Waals surface area contributed by atoms with Crippen LogP contribution >= 0.6 is 0 Å². The van der Waals surface area contributed by atoms with Crippen molar-refractivity contribution in [1.82, 2.24) is 0 Å². The van der Waals surface area contributed by atoms with Crippen molar-refractivity contribution in [3.05, 3.63) is 23.5 Å². The van der Waals surface area contributed by atoms with Gasteiger partial charge in [-0.25, -0.2) is 4.39 Å². The molecule has 0 radical (unpaired) electrons. The van der Waals surface area contributed by atoms with Crippen molar-refractivity contribution in [2.45, 2.75) is 6.54 Å². The number of halogens is 1. The first-order valence-electron chi connectivity index (χ1n) is 3.83. The highest BCUT2D eigenvalue weighted by Gasteiger charge is 2.10. The van der Waals surface area contributed by atoms with Crippen LogP contribution in [0.2, 0.25) is 0 Å². The van der Waals surface area contributed by atoms with Gasteiger partial charge in [0, 0.05) is 24.2 Å². The van der Waals surface area contributed by atoms with Gasteiger partial charge in [0.25, 0.3) is 0 Å². The van der Waals surface area contributed by atoms with E-state index >= 15 is 0 Å². The molecule has 0 amide bonds. The van der Waals surface area contributed by atoms with E-state index in [2.05, 4.69) is 0 Å². The number of nitrogens with two attached hydrogens (primary N) is 1. The van der Waals surface area contributed by atoms with Gasteiger partial charge in [0.05, 0.1) is 14.2 Å². The first-order valence-corrected chi connectivity index (χ1v) is 3.83. The summed E-state index contributed by atoms with van der Waals surface area (Å²) in [5.41, 5.74) is 6.14. The molecular formula is C9H12FNO2. The molecule has 1 rings (SSSR count). The summed E-state index contributed by atoms with van der Waals surface area (Å²) < 4.78 is 22.8. The third kappa shape index (κ3) is 1.89. The predicted octanol–water partition coefficient (Wildman–Crippen LogP) is 1.30. The van der Waals surface area contributed by atoms with Crippen LogP contribution in [0.5, 0.6) is 11.5 Å². The number of ether oxygens (including phenoxy) is 2. The molecule has 0 atom stereocenters. The molecule has 2 N–H and O–H groups in total. The van der Waals surface area contributed by atoms with Crippen molar-refractivity contribution >= 4 is 0 Å². The third-order valence-corrected chi connectivity index (χ3v) is 1.78. The van der Waals surface area contributed by atoms with Gasteiger partial charge in [-0.05, 0) is 0 Å². The first-order chi connectivity index (χ1) is 6.22. The van der Waals surface area contributed by atoms with Gasteiger partial charge in [-0.2, -0.15) is 0 Å². The number of hydrogen-bond acceptors (Lipinski definition) is 3. The Morgan fingerprint density at radius 1 is 1.23 bits per heavy atom. The summed E-state index contributed by atoms with van der Waals surface area (Å²) in [4.78, 5) is 0. The van der Waals surface area contributed by atoms with Crippen LogP contribution in [-0.4, -0.2) is 14.2 Å². The zero-order chi connectivity index (χ0) is 9.84. The number of benzene rings is 1. The molecule has 3 nitrogen and oxygen atoms in total. The van der Waals surface area contributed by atoms with E-state index in [9.17, 15) is 4.39 Å². The predicted molar refractivity (Wildman–Crippen MR) is 47.4 cm³/mol. The molecular weight excluding hydrogens is 173 g/mol. The molecule has 0 saturated carbocycles. The Labute approximate surface area is 76.3 Å². The number of hydrogen-bond donors (Lipinski definition) is 1. The lowest BCUT2D eigenvalue weighted by Gasteiger charge is -2.11. The molecule has 72 valence electrons. The molecule has 0 aliphatic heterocycles. The van der Waals surface area contributed by atoms with Gasteiger partial charge in [-0.3, -0.25) is 0 Å². The second-order valence-corrected chi connectivity index (χ2v) is 2.49. The summed E-state index contributed by atoms with van der Waals surface area (Å²) in [6, 6.07) is 2.56. The van der Waals surface area contributed by atoms with Crippen LogP contribution < -0.4 is 15.2 Å². The van der Waals surface area contributed by atoms with Crippen molar-refractivity contribution in [3.8, 4) is 11.5 Å². The summed E-state index contributed by atoms with van der Waals surface area (Å²) in [5, 5.41) is 0. The van der Waals surface area contributed by atoms with Gasteiger partial charge in [-0.15, -0.1) is 0 Å². The van der Waals surface area contributed by atoms with E-state index in [1.807, 2.05) is 0 Å². The van der Waals surface area contributed by atoms with Crippen LogP contribution in [0, 0.1) is 5.82 Å². The lowest BCUT2D eigenvalue weighted by molar-refractivity contribution is 0.380. The molecule has 1 aromatic carbocycles. The molecule has 0 heterocycles. The van der Waals surface area contributed by atoms with Gasteiger partial charge < -0.3 is 15.2 Å². The first kappa shape index (κ1) is 9.80. The molecule has 4 heteroatoms. The Morgan fingerprint density at radius 2 is 1.69 bits per heavy atom. The van der Waals surface area contributed by atoms with Crippen LogP contribution in [0.3, 0.4) is 0 Å². The maximum Gasteiger partial charge on any atom is 0.130 e. The van der Waals surface area contributed by atoms with E-state index in [1.54, 1.807) is 0 Å². The summed E-state index contributed by atoms with van der Waals surface area (Å²) >= 11 is 0. The molecule has 0 spiro atoms. The van der Waals surface area contributed by atoms with E-state index < -0.39 is 5.82 Å². The zero-order valence-electron chi connectivity index (χ0n) is 7.63. The van der Waals surface area contributed by atoms with Gasteiger partial charge in [0.2, 0.25) is 0 Å². The third-order valence-electron chi connectivity index (χ3n) is 1.78. The van der Waals surface area contributed by atoms with E-state index in [-0.39, 0.29) is 6.54 Å². The zero-order valence-corrected chi connectivity index (χ0v) is 7.63. The Hall–Kier alpha value is -1.29. The van der Waals surface area contributed by atoms with E-state index in [4.69, 9.17) is 15.2 Å². The highest BCUT2D eigenvalue weighted by molar-refractivity contribution is 5.45. The second kappa shape index (κ2) is 4.09. The minimum Gasteiger partial charge on any atom is -0.496 e. The average molecular weight is 185 g/mol. The van der Waals surface area contributed by atoms with Gasteiger partial charge in [0.1, 0.15) is 17.3 Å². The Morgan fingerprint density at radius 3 is 2.00 bits per heavy atom. The number of methoxy groups -OCH3 is 2. The Kier molecular flexibility index (Phi) is 3.08. The normalized spacial score (nSPS) is 9.85. The van der Waals surface area contributed by atoms with E-state index in [0.717, 1.165) is 0 Å². The molecule has 0 aromatic heterocycles. The van der Waals surface area contributed by atoms with Crippen LogP contribution in [0.1, 0.15) is 5.56 Å². The van der Waals surface area contributed by atoms with Crippen molar-refractivity contribution < 1.29 is 13.9 Å². The maximum atomic E-state index is 12.9.